The third-order valence-corrected chi connectivity index (χ3v) is 3.77. The first kappa shape index (κ1) is 21.1. The van der Waals surface area contributed by atoms with Gasteiger partial charge < -0.3 is 0 Å². The van der Waals surface area contributed by atoms with Crippen LogP contribution in [0.15, 0.2) is 17.0 Å². The molecule has 0 fully saturated rings. The Labute approximate surface area is 126 Å². The average molecular weight is 394 g/mol. The summed E-state index contributed by atoms with van der Waals surface area (Å²) in [6.45, 7) is 4.28. The number of rotatable bonds is 2. The fourth-order valence-electron chi connectivity index (χ4n) is 1.20. The number of hydrogen-bond acceptors (Lipinski definition) is 1. The van der Waals surface area contributed by atoms with E-state index in [9.17, 15) is 0 Å². The Hall–Kier alpha value is 0.758. The molecule has 0 spiro atoms. The van der Waals surface area contributed by atoms with Gasteiger partial charge in [0.2, 0.25) is 0 Å². The first-order valence-electron chi connectivity index (χ1n) is 4.19. The van der Waals surface area contributed by atoms with Crippen LogP contribution in [0.3, 0.4) is 0 Å². The van der Waals surface area contributed by atoms with Crippen molar-refractivity contribution < 1.29 is 0 Å². The summed E-state index contributed by atoms with van der Waals surface area (Å²) in [6, 6.07) is 4.31. The van der Waals surface area contributed by atoms with Gasteiger partial charge >= 0.3 is 112 Å². The standard InChI is InChI=1S/C10H14SSe.2CH4.Sn/c1-3-7-5-6-8(4-2)10(12)9(7)11;;;/h5-6,11-12H,3-4H2,1-2H3;2*1H4;/q;;;+2/p-2. The molecule has 0 amide bonds. The van der Waals surface area contributed by atoms with Crippen LogP contribution in [0.4, 0.5) is 0 Å². The molecule has 1 aromatic rings. The predicted molar refractivity (Wildman–Crippen MR) is 75.4 cm³/mol. The molecule has 0 saturated heterocycles. The van der Waals surface area contributed by atoms with E-state index in [-0.39, 0.29) is 38.8 Å². The van der Waals surface area contributed by atoms with E-state index in [1.165, 1.54) is 15.6 Å². The summed E-state index contributed by atoms with van der Waals surface area (Å²) in [5.74, 6) is 0. The quantitative estimate of drug-likeness (QED) is 0.549. The van der Waals surface area contributed by atoms with Gasteiger partial charge in [-0.3, -0.25) is 0 Å². The summed E-state index contributed by atoms with van der Waals surface area (Å²) < 4.78 is 1.17. The van der Waals surface area contributed by atoms with E-state index >= 15 is 0 Å². The Morgan fingerprint density at radius 3 is 1.87 bits per heavy atom. The van der Waals surface area contributed by atoms with Gasteiger partial charge in [0.15, 0.2) is 0 Å². The smallest absolute Gasteiger partial charge is 2.00 e. The van der Waals surface area contributed by atoms with Crippen LogP contribution >= 0.6 is 0 Å². The maximum atomic E-state index is 5.31. The molecule has 0 aliphatic heterocycles. The molecule has 0 saturated carbocycles. The molecule has 1 aromatic carbocycles. The van der Waals surface area contributed by atoms with Crippen molar-refractivity contribution in [2.24, 2.45) is 0 Å². The van der Waals surface area contributed by atoms with E-state index in [1.54, 1.807) is 0 Å². The first-order valence-corrected chi connectivity index (χ1v) is 5.46. The zero-order chi connectivity index (χ0) is 9.14. The number of aryl methyl sites for hydroxylation is 2. The van der Waals surface area contributed by atoms with Gasteiger partial charge in [-0.1, -0.05) is 14.9 Å². The maximum Gasteiger partial charge on any atom is 2.00 e. The van der Waals surface area contributed by atoms with Gasteiger partial charge in [0, 0.05) is 0 Å². The van der Waals surface area contributed by atoms with Crippen LogP contribution in [0.25, 0.3) is 0 Å². The van der Waals surface area contributed by atoms with Gasteiger partial charge in [0.25, 0.3) is 0 Å². The van der Waals surface area contributed by atoms with Crippen LogP contribution in [0.1, 0.15) is 39.8 Å². The van der Waals surface area contributed by atoms with Crippen molar-refractivity contribution in [3.63, 3.8) is 0 Å². The Morgan fingerprint density at radius 1 is 1.07 bits per heavy atom. The van der Waals surface area contributed by atoms with Crippen LogP contribution in [0, 0.1) is 0 Å². The molecule has 0 unspecified atom stereocenters. The molecule has 0 nitrogen and oxygen atoms in total. The van der Waals surface area contributed by atoms with E-state index in [4.69, 9.17) is 12.6 Å². The molecule has 0 heterocycles. The van der Waals surface area contributed by atoms with Crippen LogP contribution < -0.4 is 4.46 Å². The van der Waals surface area contributed by atoms with Gasteiger partial charge in [-0.15, -0.1) is 0 Å². The summed E-state index contributed by atoms with van der Waals surface area (Å²) in [5.41, 5.74) is 2.60. The topological polar surface area (TPSA) is 0 Å². The van der Waals surface area contributed by atoms with Crippen LogP contribution in [-0.2, 0) is 25.5 Å². The summed E-state index contributed by atoms with van der Waals surface area (Å²) in [6.07, 6.45) is 2.08. The van der Waals surface area contributed by atoms with Crippen LogP contribution in [-0.4, -0.2) is 39.9 Å². The van der Waals surface area contributed by atoms with Crippen molar-refractivity contribution in [1.82, 2.24) is 0 Å². The second-order valence-corrected chi connectivity index (χ2v) is 4.01. The molecular formula is C12H20SSeSn. The van der Waals surface area contributed by atoms with E-state index in [0.29, 0.717) is 0 Å². The minimum Gasteiger partial charge on any atom is 2.00 e. The van der Waals surface area contributed by atoms with E-state index < -0.39 is 0 Å². The molecule has 2 radical (unpaired) electrons. The second kappa shape index (κ2) is 9.95. The van der Waals surface area contributed by atoms with Crippen LogP contribution in [0.2, 0.25) is 0 Å². The minimum absolute atomic E-state index is 0. The molecule has 1 rings (SSSR count). The summed E-state index contributed by atoms with van der Waals surface area (Å²) in [7, 11) is 0. The second-order valence-electron chi connectivity index (χ2n) is 2.75. The molecule has 15 heavy (non-hydrogen) atoms. The SMILES string of the molecule is C.C.CCc1ccc(CC)c([Se-])c1[S-].[Sn+2]. The van der Waals surface area contributed by atoms with E-state index in [2.05, 4.69) is 42.0 Å². The molecule has 0 atom stereocenters. The van der Waals surface area contributed by atoms with Crippen molar-refractivity contribution in [3.8, 4) is 0 Å². The van der Waals surface area contributed by atoms with Gasteiger partial charge in [-0.05, 0) is 0 Å². The third-order valence-electron chi connectivity index (χ3n) is 2.04. The molecule has 0 aromatic heterocycles. The van der Waals surface area contributed by atoms with Crippen molar-refractivity contribution in [1.29, 1.82) is 0 Å². The van der Waals surface area contributed by atoms with Gasteiger partial charge in [0.1, 0.15) is 0 Å². The summed E-state index contributed by atoms with van der Waals surface area (Å²) in [4.78, 5) is 1.01. The molecular weight excluding hydrogens is 374 g/mol. The van der Waals surface area contributed by atoms with Crippen molar-refractivity contribution in [2.45, 2.75) is 46.4 Å². The largest absolute Gasteiger partial charge is 2.00 e. The Balaban J connectivity index is -0.000000480. The third kappa shape index (κ3) is 5.07. The fraction of sp³-hybridized carbons (Fsp3) is 0.500. The molecule has 0 N–H and O–H groups in total. The predicted octanol–water partition coefficient (Wildman–Crippen LogP) is 2.40. The average Bonchev–Trinajstić information content (AvgIpc) is 2.10. The van der Waals surface area contributed by atoms with Crippen molar-refractivity contribution in [2.75, 3.05) is 0 Å². The van der Waals surface area contributed by atoms with Gasteiger partial charge in [-0.25, -0.2) is 0 Å². The minimum atomic E-state index is 0. The molecule has 3 heteroatoms. The zero-order valence-electron chi connectivity index (χ0n) is 7.89. The Bertz CT molecular complexity index is 258. The summed E-state index contributed by atoms with van der Waals surface area (Å²) in [5, 5.41) is 0. The van der Waals surface area contributed by atoms with Crippen molar-refractivity contribution >= 4 is 57.0 Å². The monoisotopic (exact) mass is 396 g/mol. The van der Waals surface area contributed by atoms with Gasteiger partial charge in [-0.2, -0.15) is 0 Å². The van der Waals surface area contributed by atoms with Crippen LogP contribution in [0.5, 0.6) is 0 Å². The maximum absolute atomic E-state index is 5.31. The normalized spacial score (nSPS) is 8.13. The van der Waals surface area contributed by atoms with Crippen molar-refractivity contribution in [3.05, 3.63) is 23.3 Å². The Morgan fingerprint density at radius 2 is 1.47 bits per heavy atom. The van der Waals surface area contributed by atoms with E-state index in [0.717, 1.165) is 17.7 Å². The van der Waals surface area contributed by atoms with Gasteiger partial charge in [0.05, 0.1) is 0 Å². The fourth-order valence-corrected chi connectivity index (χ4v) is 2.27. The summed E-state index contributed by atoms with van der Waals surface area (Å²) >= 11 is 8.38. The first-order chi connectivity index (χ1) is 5.70. The zero-order valence-corrected chi connectivity index (χ0v) is 13.3. The Kier molecular flexibility index (Phi) is 14.0. The molecule has 84 valence electrons. The molecule has 0 aliphatic rings. The molecule has 0 aliphatic carbocycles. The number of hydrogen-bond donors (Lipinski definition) is 0. The van der Waals surface area contributed by atoms with E-state index in [1.807, 2.05) is 0 Å². The molecule has 0 bridgehead atoms. The number of benzene rings is 1.